The van der Waals surface area contributed by atoms with Crippen LogP contribution < -0.4 is 10.6 Å². The van der Waals surface area contributed by atoms with Crippen molar-refractivity contribution in [3.05, 3.63) is 83.5 Å². The smallest absolute Gasteiger partial charge is 0.412 e. The average Bonchev–Trinajstić information content (AvgIpc) is 3.35. The lowest BCUT2D eigenvalue weighted by Crippen LogP contribution is -2.60. The highest BCUT2D eigenvalue weighted by atomic mass is 16.6. The number of fused-ring (bicyclic) bond motifs is 5. The van der Waals surface area contributed by atoms with Crippen LogP contribution in [-0.4, -0.2) is 53.6 Å². The number of carbonyl (C=O) groups excluding carboxylic acids is 4. The van der Waals surface area contributed by atoms with Gasteiger partial charge in [-0.15, -0.1) is 0 Å². The lowest BCUT2D eigenvalue weighted by Gasteiger charge is -2.60. The molecule has 2 aromatic rings. The quantitative estimate of drug-likeness (QED) is 0.231. The molecule has 0 aliphatic heterocycles. The van der Waals surface area contributed by atoms with Crippen LogP contribution in [-0.2, 0) is 30.3 Å². The molecule has 0 heterocycles. The third-order valence-corrected chi connectivity index (χ3v) is 12.4. The topological polar surface area (TPSA) is 131 Å². The Bertz CT molecular complexity index is 1740. The standard InChI is InChI=1S/C42H52N2O7/c1-26(45)50-24-36(48)42(20-18-34-33-16-11-29-22-32(46)17-19-40(29,5)37(33)35(47)23-41(34,42)6)25-43-30-12-7-27(8-13-30)21-28-9-14-31(15-10-28)44-38(49)51-39(2,3)4/h7-10,12-15,17,19,22,33-35,37,43,47H,11,16,18,20-21,23-25H2,1-6H3,(H,44,49)/t33-,34-,35-,37+,40-,41-,42-/m0/s1. The van der Waals surface area contributed by atoms with E-state index >= 15 is 0 Å². The van der Waals surface area contributed by atoms with Crippen molar-refractivity contribution >= 4 is 35.0 Å². The fourth-order valence-corrected chi connectivity index (χ4v) is 9.95. The lowest BCUT2D eigenvalue weighted by molar-refractivity contribution is -0.162. The van der Waals surface area contributed by atoms with Crippen molar-refractivity contribution in [3.8, 4) is 0 Å². The van der Waals surface area contributed by atoms with Gasteiger partial charge in [0.15, 0.2) is 18.2 Å². The minimum Gasteiger partial charge on any atom is -0.458 e. The van der Waals surface area contributed by atoms with Gasteiger partial charge in [0.2, 0.25) is 0 Å². The van der Waals surface area contributed by atoms with Crippen LogP contribution >= 0.6 is 0 Å². The molecule has 9 heteroatoms. The fraction of sp³-hybridized carbons (Fsp3) is 0.524. The molecular formula is C42H52N2O7. The Morgan fingerprint density at radius 3 is 2.24 bits per heavy atom. The highest BCUT2D eigenvalue weighted by Gasteiger charge is 2.68. The molecule has 0 bridgehead atoms. The third kappa shape index (κ3) is 7.14. The summed E-state index contributed by atoms with van der Waals surface area (Å²) in [4.78, 5) is 50.4. The second-order valence-corrected chi connectivity index (χ2v) is 16.6. The number of aliphatic hydroxyl groups excluding tert-OH is 1. The Hall–Kier alpha value is -4.24. The zero-order chi connectivity index (χ0) is 36.8. The van der Waals surface area contributed by atoms with Crippen molar-refractivity contribution in [1.29, 1.82) is 0 Å². The molecule has 0 unspecified atom stereocenters. The van der Waals surface area contributed by atoms with Crippen LogP contribution in [0, 0.1) is 34.0 Å². The van der Waals surface area contributed by atoms with E-state index in [0.29, 0.717) is 31.5 Å². The second kappa shape index (κ2) is 13.7. The van der Waals surface area contributed by atoms with E-state index in [1.165, 1.54) is 6.92 Å². The van der Waals surface area contributed by atoms with Gasteiger partial charge < -0.3 is 19.9 Å². The van der Waals surface area contributed by atoms with Gasteiger partial charge in [-0.2, -0.15) is 0 Å². The normalized spacial score (nSPS) is 31.0. The van der Waals surface area contributed by atoms with Gasteiger partial charge in [0.25, 0.3) is 0 Å². The molecule has 3 saturated carbocycles. The van der Waals surface area contributed by atoms with E-state index in [9.17, 15) is 24.3 Å². The Labute approximate surface area is 301 Å². The SMILES string of the molecule is CC(=O)OCC(=O)[C@@]1(CNc2ccc(Cc3ccc(NC(=O)OC(C)(C)C)cc3)cc2)CC[C@H]2[C@@H]3CCC4=CC(=O)C=C[C@]4(C)[C@H]3[C@@H](O)C[C@@]21C. The summed E-state index contributed by atoms with van der Waals surface area (Å²) in [6.07, 6.45) is 8.60. The fourth-order valence-electron chi connectivity index (χ4n) is 9.95. The van der Waals surface area contributed by atoms with E-state index in [-0.39, 0.29) is 41.3 Å². The van der Waals surface area contributed by atoms with Crippen LogP contribution in [0.15, 0.2) is 72.3 Å². The summed E-state index contributed by atoms with van der Waals surface area (Å²) in [6.45, 7) is 11.2. The molecule has 6 rings (SSSR count). The van der Waals surface area contributed by atoms with Crippen molar-refractivity contribution in [2.45, 2.75) is 91.8 Å². The molecule has 1 amide bonds. The van der Waals surface area contributed by atoms with E-state index in [2.05, 4.69) is 36.6 Å². The Balaban J connectivity index is 1.17. The average molecular weight is 697 g/mol. The number of rotatable bonds is 9. The van der Waals surface area contributed by atoms with Crippen molar-refractivity contribution in [2.24, 2.45) is 34.0 Å². The van der Waals surface area contributed by atoms with Gasteiger partial charge >= 0.3 is 12.1 Å². The van der Waals surface area contributed by atoms with Crippen molar-refractivity contribution < 1.29 is 33.8 Å². The molecule has 7 atom stereocenters. The van der Waals surface area contributed by atoms with Crippen LogP contribution in [0.3, 0.4) is 0 Å². The van der Waals surface area contributed by atoms with E-state index in [0.717, 1.165) is 41.6 Å². The van der Waals surface area contributed by atoms with E-state index in [1.54, 1.807) is 12.2 Å². The van der Waals surface area contributed by atoms with Crippen molar-refractivity contribution in [2.75, 3.05) is 23.8 Å². The van der Waals surface area contributed by atoms with Gasteiger partial charge in [0.05, 0.1) is 11.5 Å². The molecule has 3 N–H and O–H groups in total. The molecular weight excluding hydrogens is 644 g/mol. The second-order valence-electron chi connectivity index (χ2n) is 16.6. The van der Waals surface area contributed by atoms with Crippen molar-refractivity contribution in [1.82, 2.24) is 0 Å². The monoisotopic (exact) mass is 696 g/mol. The number of Topliss-reactive ketones (excluding diaryl/α,β-unsaturated/α-hetero) is 1. The van der Waals surface area contributed by atoms with Gasteiger partial charge in [0, 0.05) is 36.2 Å². The molecule has 0 spiro atoms. The number of hydrogen-bond donors (Lipinski definition) is 3. The maximum atomic E-state index is 14.3. The maximum absolute atomic E-state index is 14.3. The number of esters is 1. The summed E-state index contributed by atoms with van der Waals surface area (Å²) in [5.74, 6) is -0.216. The van der Waals surface area contributed by atoms with Gasteiger partial charge in [0.1, 0.15) is 5.60 Å². The largest absolute Gasteiger partial charge is 0.458 e. The minimum atomic E-state index is -0.845. The predicted octanol–water partition coefficient (Wildman–Crippen LogP) is 7.43. The first kappa shape index (κ1) is 36.5. The molecule has 3 fully saturated rings. The first-order valence-corrected chi connectivity index (χ1v) is 18.2. The molecule has 9 nitrogen and oxygen atoms in total. The number of aliphatic hydroxyl groups is 1. The van der Waals surface area contributed by atoms with Crippen LogP contribution in [0.2, 0.25) is 0 Å². The summed E-state index contributed by atoms with van der Waals surface area (Å²) in [5.41, 5.74) is 2.53. The predicted molar refractivity (Wildman–Crippen MR) is 196 cm³/mol. The van der Waals surface area contributed by atoms with Gasteiger partial charge in [-0.3, -0.25) is 19.7 Å². The Morgan fingerprint density at radius 2 is 1.61 bits per heavy atom. The lowest BCUT2D eigenvalue weighted by atomic mass is 9.44. The first-order chi connectivity index (χ1) is 24.0. The zero-order valence-corrected chi connectivity index (χ0v) is 30.7. The summed E-state index contributed by atoms with van der Waals surface area (Å²) in [5, 5.41) is 18.3. The van der Waals surface area contributed by atoms with Crippen LogP contribution in [0.25, 0.3) is 0 Å². The molecule has 4 aliphatic rings. The molecule has 0 saturated heterocycles. The summed E-state index contributed by atoms with van der Waals surface area (Å²) >= 11 is 0. The van der Waals surface area contributed by atoms with Crippen LogP contribution in [0.5, 0.6) is 0 Å². The molecule has 272 valence electrons. The number of allylic oxidation sites excluding steroid dienone is 4. The molecule has 0 aromatic heterocycles. The highest BCUT2D eigenvalue weighted by Crippen LogP contribution is 2.69. The summed E-state index contributed by atoms with van der Waals surface area (Å²) in [7, 11) is 0. The van der Waals surface area contributed by atoms with Gasteiger partial charge in [-0.1, -0.05) is 49.8 Å². The first-order valence-electron chi connectivity index (χ1n) is 18.2. The number of anilines is 2. The van der Waals surface area contributed by atoms with E-state index in [4.69, 9.17) is 9.47 Å². The number of benzene rings is 2. The summed E-state index contributed by atoms with van der Waals surface area (Å²) in [6, 6.07) is 15.8. The van der Waals surface area contributed by atoms with E-state index in [1.807, 2.05) is 63.2 Å². The zero-order valence-electron chi connectivity index (χ0n) is 30.7. The number of hydrogen-bond acceptors (Lipinski definition) is 8. The number of ether oxygens (including phenoxy) is 2. The highest BCUT2D eigenvalue weighted by molar-refractivity contribution is 6.01. The number of amides is 1. The Morgan fingerprint density at radius 1 is 0.961 bits per heavy atom. The third-order valence-electron chi connectivity index (χ3n) is 12.4. The Kier molecular flexibility index (Phi) is 9.83. The number of ketones is 2. The van der Waals surface area contributed by atoms with Gasteiger partial charge in [-0.05, 0) is 124 Å². The summed E-state index contributed by atoms with van der Waals surface area (Å²) < 4.78 is 10.6. The maximum Gasteiger partial charge on any atom is 0.412 e. The van der Waals surface area contributed by atoms with Gasteiger partial charge in [-0.25, -0.2) is 4.79 Å². The molecule has 0 radical (unpaired) electrons. The molecule has 4 aliphatic carbocycles. The van der Waals surface area contributed by atoms with E-state index < -0.39 is 34.6 Å². The van der Waals surface area contributed by atoms with Crippen LogP contribution in [0.1, 0.15) is 84.8 Å². The van der Waals surface area contributed by atoms with Crippen LogP contribution in [0.4, 0.5) is 16.2 Å². The van der Waals surface area contributed by atoms with Crippen molar-refractivity contribution in [3.63, 3.8) is 0 Å². The molecule has 51 heavy (non-hydrogen) atoms. The number of nitrogens with one attached hydrogen (secondary N) is 2. The molecule has 2 aromatic carbocycles. The minimum absolute atomic E-state index is 0.00877. The number of carbonyl (C=O) groups is 4.